The molecule has 0 aliphatic rings. The minimum Gasteiger partial charge on any atom is -0.480 e. The average Bonchev–Trinajstić information content (AvgIpc) is 2.75. The van der Waals surface area contributed by atoms with Gasteiger partial charge in [-0.2, -0.15) is 0 Å². The van der Waals surface area contributed by atoms with Gasteiger partial charge in [-0.05, 0) is 23.8 Å². The summed E-state index contributed by atoms with van der Waals surface area (Å²) in [6, 6.07) is 4.61. The van der Waals surface area contributed by atoms with Crippen LogP contribution in [0.4, 0.5) is 0 Å². The Bertz CT molecular complexity index is 799. The second-order valence-electron chi connectivity index (χ2n) is 8.80. The number of nitrogens with two attached hydrogens (primary N) is 1. The summed E-state index contributed by atoms with van der Waals surface area (Å²) >= 11 is 0. The normalized spacial score (nSPS) is 14.8. The van der Waals surface area contributed by atoms with Gasteiger partial charge in [0.15, 0.2) is 0 Å². The van der Waals surface area contributed by atoms with Gasteiger partial charge in [0.1, 0.15) is 24.2 Å². The molecule has 3 amide bonds. The predicted octanol–water partition coefficient (Wildman–Crippen LogP) is -0.210. The number of carboxylic acids is 1. The van der Waals surface area contributed by atoms with Crippen LogP contribution in [0.2, 0.25) is 0 Å². The fourth-order valence-electron chi connectivity index (χ4n) is 3.16. The highest BCUT2D eigenvalue weighted by atomic mass is 16.4. The Morgan fingerprint density at radius 2 is 1.42 bits per heavy atom. The Kier molecular flexibility index (Phi) is 11.5. The molecule has 0 radical (unpaired) electrons. The van der Waals surface area contributed by atoms with Crippen molar-refractivity contribution in [1.82, 2.24) is 16.0 Å². The molecule has 0 heterocycles. The number of carbonyl (C=O) groups is 4. The first kappa shape index (κ1) is 28.1. The summed E-state index contributed by atoms with van der Waals surface area (Å²) in [6.07, 6.45) is 0.403. The lowest BCUT2D eigenvalue weighted by Gasteiger charge is -2.26. The van der Waals surface area contributed by atoms with Crippen LogP contribution in [0.5, 0.6) is 0 Å². The van der Waals surface area contributed by atoms with Gasteiger partial charge in [0.05, 0.1) is 6.61 Å². The maximum Gasteiger partial charge on any atom is 0.326 e. The molecule has 0 fully saturated rings. The van der Waals surface area contributed by atoms with Gasteiger partial charge in [-0.15, -0.1) is 0 Å². The summed E-state index contributed by atoms with van der Waals surface area (Å²) in [4.78, 5) is 49.7. The lowest BCUT2D eigenvalue weighted by atomic mass is 9.99. The van der Waals surface area contributed by atoms with E-state index in [4.69, 9.17) is 10.8 Å². The van der Waals surface area contributed by atoms with E-state index >= 15 is 0 Å². The number of hydrogen-bond acceptors (Lipinski definition) is 6. The molecule has 33 heavy (non-hydrogen) atoms. The fourth-order valence-corrected chi connectivity index (χ4v) is 3.16. The number of amides is 3. The molecule has 0 aliphatic heterocycles. The van der Waals surface area contributed by atoms with Crippen LogP contribution < -0.4 is 21.7 Å². The van der Waals surface area contributed by atoms with Gasteiger partial charge in [-0.3, -0.25) is 14.4 Å². The van der Waals surface area contributed by atoms with Crippen LogP contribution in [0, 0.1) is 11.8 Å². The highest BCUT2D eigenvalue weighted by Crippen LogP contribution is 2.09. The van der Waals surface area contributed by atoms with Crippen molar-refractivity contribution >= 4 is 23.7 Å². The Balaban J connectivity index is 3.11. The van der Waals surface area contributed by atoms with E-state index < -0.39 is 54.5 Å². The third kappa shape index (κ3) is 9.58. The topological polar surface area (TPSA) is 171 Å². The molecule has 7 N–H and O–H groups in total. The zero-order valence-corrected chi connectivity index (χ0v) is 19.6. The summed E-state index contributed by atoms with van der Waals surface area (Å²) in [7, 11) is 0. The first-order valence-electron chi connectivity index (χ1n) is 11.0. The third-order valence-corrected chi connectivity index (χ3v) is 5.02. The van der Waals surface area contributed by atoms with E-state index in [0.717, 1.165) is 5.56 Å². The second kappa shape index (κ2) is 13.5. The van der Waals surface area contributed by atoms with Crippen molar-refractivity contribution in [1.29, 1.82) is 0 Å². The minimum atomic E-state index is -1.18. The quantitative estimate of drug-likeness (QED) is 0.234. The number of aliphatic hydroxyl groups excluding tert-OH is 1. The summed E-state index contributed by atoms with van der Waals surface area (Å²) in [6.45, 7) is 6.50. The van der Waals surface area contributed by atoms with Crippen LogP contribution in [0.3, 0.4) is 0 Å². The second-order valence-corrected chi connectivity index (χ2v) is 8.80. The largest absolute Gasteiger partial charge is 0.480 e. The van der Waals surface area contributed by atoms with Crippen molar-refractivity contribution in [3.8, 4) is 0 Å². The molecule has 1 aromatic rings. The van der Waals surface area contributed by atoms with Crippen molar-refractivity contribution in [2.24, 2.45) is 17.6 Å². The highest BCUT2D eigenvalue weighted by molar-refractivity contribution is 5.94. The number of rotatable bonds is 13. The summed E-state index contributed by atoms with van der Waals surface area (Å²) in [5, 5.41) is 26.2. The zero-order valence-electron chi connectivity index (χ0n) is 19.6. The van der Waals surface area contributed by atoms with E-state index in [0.29, 0.717) is 0 Å². The molecule has 0 aliphatic carbocycles. The maximum atomic E-state index is 13.1. The molecule has 0 bridgehead atoms. The van der Waals surface area contributed by atoms with Crippen LogP contribution in [0.1, 0.15) is 39.7 Å². The van der Waals surface area contributed by atoms with Gasteiger partial charge in [0.2, 0.25) is 17.7 Å². The van der Waals surface area contributed by atoms with Gasteiger partial charge in [0.25, 0.3) is 0 Å². The number of benzene rings is 1. The van der Waals surface area contributed by atoms with Crippen molar-refractivity contribution in [3.63, 3.8) is 0 Å². The van der Waals surface area contributed by atoms with E-state index in [1.807, 2.05) is 19.9 Å². The molecular weight excluding hydrogens is 428 g/mol. The number of aliphatic hydroxyl groups is 1. The van der Waals surface area contributed by atoms with Crippen LogP contribution in [0.25, 0.3) is 0 Å². The number of carboxylic acid groups (broad SMARTS) is 1. The summed E-state index contributed by atoms with van der Waals surface area (Å²) in [5.41, 5.74) is 6.31. The van der Waals surface area contributed by atoms with E-state index in [-0.39, 0.29) is 24.7 Å². The predicted molar refractivity (Wildman–Crippen MR) is 123 cm³/mol. The smallest absolute Gasteiger partial charge is 0.326 e. The van der Waals surface area contributed by atoms with Crippen LogP contribution in [-0.4, -0.2) is 64.7 Å². The van der Waals surface area contributed by atoms with Crippen LogP contribution in [0.15, 0.2) is 30.3 Å². The van der Waals surface area contributed by atoms with Crippen molar-refractivity contribution < 1.29 is 29.4 Å². The number of aliphatic carboxylic acids is 1. The maximum absolute atomic E-state index is 13.1. The molecule has 184 valence electrons. The Morgan fingerprint density at radius 3 is 1.91 bits per heavy atom. The monoisotopic (exact) mass is 464 g/mol. The Labute approximate surface area is 194 Å². The highest BCUT2D eigenvalue weighted by Gasteiger charge is 2.31. The first-order chi connectivity index (χ1) is 15.5. The lowest BCUT2D eigenvalue weighted by molar-refractivity contribution is -0.143. The molecule has 0 saturated heterocycles. The molecule has 10 heteroatoms. The fraction of sp³-hybridized carbons (Fsp3) is 0.565. The lowest BCUT2D eigenvalue weighted by Crippen LogP contribution is -2.58. The van der Waals surface area contributed by atoms with Crippen molar-refractivity contribution in [2.75, 3.05) is 6.61 Å². The molecule has 0 saturated carbocycles. The van der Waals surface area contributed by atoms with Gasteiger partial charge < -0.3 is 31.9 Å². The number of hydrogen-bond donors (Lipinski definition) is 6. The Morgan fingerprint density at radius 1 is 0.879 bits per heavy atom. The summed E-state index contributed by atoms with van der Waals surface area (Å²) in [5.74, 6) is -3.44. The van der Waals surface area contributed by atoms with Crippen molar-refractivity contribution in [3.05, 3.63) is 35.9 Å². The molecular formula is C23H36N4O6. The van der Waals surface area contributed by atoms with E-state index in [9.17, 15) is 24.3 Å². The summed E-state index contributed by atoms with van der Waals surface area (Å²) < 4.78 is 0. The van der Waals surface area contributed by atoms with Crippen LogP contribution in [-0.2, 0) is 25.6 Å². The van der Waals surface area contributed by atoms with E-state index in [2.05, 4.69) is 16.0 Å². The minimum absolute atomic E-state index is 0.0325. The molecule has 4 unspecified atom stereocenters. The standard InChI is InChI=1S/C23H36N4O6/c1-13(2)10-17(25-20(29)16(24)12-28)21(30)26-18(11-15-8-6-5-7-9-15)22(31)27-19(14(3)4)23(32)33/h5-9,13-14,16-19,28H,10-12,24H2,1-4H3,(H,25,29)(H,26,30)(H,27,31)(H,32,33). The third-order valence-electron chi connectivity index (χ3n) is 5.02. The van der Waals surface area contributed by atoms with Crippen LogP contribution >= 0.6 is 0 Å². The van der Waals surface area contributed by atoms with Gasteiger partial charge in [-0.25, -0.2) is 4.79 Å². The number of carbonyl (C=O) groups excluding carboxylic acids is 3. The molecule has 0 spiro atoms. The first-order valence-corrected chi connectivity index (χ1v) is 11.0. The molecule has 1 rings (SSSR count). The zero-order chi connectivity index (χ0) is 25.1. The van der Waals surface area contributed by atoms with E-state index in [1.54, 1.807) is 38.1 Å². The molecule has 4 atom stereocenters. The van der Waals surface area contributed by atoms with Gasteiger partial charge >= 0.3 is 5.97 Å². The van der Waals surface area contributed by atoms with Crippen molar-refractivity contribution in [2.45, 2.75) is 64.7 Å². The van der Waals surface area contributed by atoms with Gasteiger partial charge in [0, 0.05) is 6.42 Å². The number of nitrogens with one attached hydrogen (secondary N) is 3. The molecule has 1 aromatic carbocycles. The SMILES string of the molecule is CC(C)CC(NC(=O)C(N)CO)C(=O)NC(Cc1ccccc1)C(=O)NC(C(=O)O)C(C)C. The molecule has 10 nitrogen and oxygen atoms in total. The van der Waals surface area contributed by atoms with Gasteiger partial charge in [-0.1, -0.05) is 58.0 Å². The molecule has 0 aromatic heterocycles. The average molecular weight is 465 g/mol. The van der Waals surface area contributed by atoms with E-state index in [1.165, 1.54) is 0 Å². The Hall–Kier alpha value is -2.98.